The lowest BCUT2D eigenvalue weighted by Crippen LogP contribution is -2.40. The molecule has 3 heteroatoms. The normalized spacial score (nSPS) is 25.0. The summed E-state index contributed by atoms with van der Waals surface area (Å²) in [7, 11) is 0. The summed E-state index contributed by atoms with van der Waals surface area (Å²) >= 11 is 1.93. The number of para-hydroxylation sites is 1. The van der Waals surface area contributed by atoms with Crippen LogP contribution in [0, 0.1) is 5.92 Å². The van der Waals surface area contributed by atoms with Crippen molar-refractivity contribution in [3.63, 3.8) is 0 Å². The van der Waals surface area contributed by atoms with Crippen molar-refractivity contribution in [1.29, 1.82) is 0 Å². The molecule has 0 spiro atoms. The minimum atomic E-state index is 0.581. The Labute approximate surface area is 130 Å². The van der Waals surface area contributed by atoms with Crippen LogP contribution in [0.1, 0.15) is 29.0 Å². The van der Waals surface area contributed by atoms with Crippen LogP contribution in [0.15, 0.2) is 35.7 Å². The van der Waals surface area contributed by atoms with Gasteiger partial charge in [0.1, 0.15) is 0 Å². The third-order valence-electron chi connectivity index (χ3n) is 5.00. The Morgan fingerprint density at radius 2 is 2.19 bits per heavy atom. The molecule has 2 nitrogen and oxygen atoms in total. The number of nitrogens with one attached hydrogen (secondary N) is 1. The fourth-order valence-corrected chi connectivity index (χ4v) is 4.74. The lowest BCUT2D eigenvalue weighted by atomic mass is 9.92. The quantitative estimate of drug-likeness (QED) is 0.903. The largest absolute Gasteiger partial charge is 0.384 e. The van der Waals surface area contributed by atoms with Gasteiger partial charge in [0.05, 0.1) is 0 Å². The van der Waals surface area contributed by atoms with E-state index in [4.69, 9.17) is 0 Å². The number of benzene rings is 1. The van der Waals surface area contributed by atoms with Gasteiger partial charge in [-0.1, -0.05) is 18.2 Å². The van der Waals surface area contributed by atoms with Crippen LogP contribution < -0.4 is 5.32 Å². The molecule has 0 radical (unpaired) electrons. The zero-order chi connectivity index (χ0) is 14.2. The highest BCUT2D eigenvalue weighted by molar-refractivity contribution is 7.10. The van der Waals surface area contributed by atoms with Gasteiger partial charge in [-0.15, -0.1) is 11.3 Å². The highest BCUT2D eigenvalue weighted by Crippen LogP contribution is 2.34. The molecular weight excluding hydrogens is 276 g/mol. The topological polar surface area (TPSA) is 15.3 Å². The van der Waals surface area contributed by atoms with Crippen molar-refractivity contribution in [2.45, 2.75) is 25.8 Å². The van der Waals surface area contributed by atoms with Gasteiger partial charge in [-0.3, -0.25) is 4.90 Å². The van der Waals surface area contributed by atoms with Gasteiger partial charge in [-0.05, 0) is 54.3 Å². The summed E-state index contributed by atoms with van der Waals surface area (Å²) in [6.07, 6.45) is 2.44. The molecule has 2 aromatic rings. The number of rotatable bonds is 2. The average Bonchev–Trinajstić information content (AvgIpc) is 2.99. The second-order valence-corrected chi connectivity index (χ2v) is 7.33. The molecule has 0 aliphatic carbocycles. The van der Waals surface area contributed by atoms with E-state index in [1.54, 1.807) is 10.4 Å². The van der Waals surface area contributed by atoms with Crippen molar-refractivity contribution < 1.29 is 0 Å². The molecule has 110 valence electrons. The maximum atomic E-state index is 3.61. The molecule has 1 aromatic carbocycles. The molecule has 1 aromatic heterocycles. The second-order valence-electron chi connectivity index (χ2n) is 6.33. The summed E-state index contributed by atoms with van der Waals surface area (Å²) in [6, 6.07) is 11.7. The molecule has 3 heterocycles. The average molecular weight is 298 g/mol. The maximum absolute atomic E-state index is 3.61. The van der Waals surface area contributed by atoms with Gasteiger partial charge >= 0.3 is 0 Å². The highest BCUT2D eigenvalue weighted by Gasteiger charge is 2.28. The van der Waals surface area contributed by atoms with E-state index in [-0.39, 0.29) is 0 Å². The fraction of sp³-hybridized carbons (Fsp3) is 0.444. The second kappa shape index (κ2) is 5.47. The molecular formula is C18H22N2S. The zero-order valence-corrected chi connectivity index (χ0v) is 13.3. The number of anilines is 1. The standard InChI is InChI=1S/C18H22N2S/c1-13-16-7-9-21-18(16)6-8-20(13)12-14-10-15-4-2-3-5-17(15)19-11-14/h2-5,7,9,13-14,19H,6,8,10-12H2,1H3. The van der Waals surface area contributed by atoms with Gasteiger partial charge in [0.25, 0.3) is 0 Å². The van der Waals surface area contributed by atoms with Crippen molar-refractivity contribution >= 4 is 17.0 Å². The van der Waals surface area contributed by atoms with Crippen LogP contribution in [0.2, 0.25) is 0 Å². The SMILES string of the molecule is CC1c2ccsc2CCN1CC1CNc2ccccc2C1. The molecule has 4 rings (SSSR count). The predicted octanol–water partition coefficient (Wildman–Crippen LogP) is 3.95. The van der Waals surface area contributed by atoms with Gasteiger partial charge in [-0.25, -0.2) is 0 Å². The van der Waals surface area contributed by atoms with Crippen LogP contribution in [0.4, 0.5) is 5.69 Å². The first-order chi connectivity index (χ1) is 10.3. The molecule has 0 amide bonds. The van der Waals surface area contributed by atoms with Crippen molar-refractivity contribution in [3.8, 4) is 0 Å². The fourth-order valence-electron chi connectivity index (χ4n) is 3.78. The smallest absolute Gasteiger partial charge is 0.0372 e. The zero-order valence-electron chi connectivity index (χ0n) is 12.5. The van der Waals surface area contributed by atoms with Crippen LogP contribution >= 0.6 is 11.3 Å². The number of hydrogen-bond donors (Lipinski definition) is 1. The molecule has 2 aliphatic heterocycles. The Morgan fingerprint density at radius 3 is 3.14 bits per heavy atom. The predicted molar refractivity (Wildman–Crippen MR) is 90.1 cm³/mol. The summed E-state index contributed by atoms with van der Waals surface area (Å²) in [5, 5.41) is 5.86. The molecule has 0 bridgehead atoms. The molecule has 2 unspecified atom stereocenters. The van der Waals surface area contributed by atoms with Crippen molar-refractivity contribution in [3.05, 3.63) is 51.7 Å². The molecule has 0 saturated heterocycles. The van der Waals surface area contributed by atoms with E-state index in [1.165, 1.54) is 37.2 Å². The monoisotopic (exact) mass is 298 g/mol. The van der Waals surface area contributed by atoms with E-state index < -0.39 is 0 Å². The van der Waals surface area contributed by atoms with E-state index >= 15 is 0 Å². The Kier molecular flexibility index (Phi) is 3.48. The Hall–Kier alpha value is -1.32. The number of nitrogens with zero attached hydrogens (tertiary/aromatic N) is 1. The molecule has 2 aliphatic rings. The Morgan fingerprint density at radius 1 is 1.29 bits per heavy atom. The van der Waals surface area contributed by atoms with E-state index in [1.807, 2.05) is 11.3 Å². The van der Waals surface area contributed by atoms with Crippen LogP contribution in [-0.2, 0) is 12.8 Å². The molecule has 2 atom stereocenters. The van der Waals surface area contributed by atoms with Crippen LogP contribution in [0.3, 0.4) is 0 Å². The Bertz CT molecular complexity index is 634. The van der Waals surface area contributed by atoms with E-state index in [0.29, 0.717) is 6.04 Å². The van der Waals surface area contributed by atoms with Gasteiger partial charge in [-0.2, -0.15) is 0 Å². The van der Waals surface area contributed by atoms with Crippen molar-refractivity contribution in [1.82, 2.24) is 4.90 Å². The van der Waals surface area contributed by atoms with Gasteiger partial charge < -0.3 is 5.32 Å². The third kappa shape index (κ3) is 2.49. The summed E-state index contributed by atoms with van der Waals surface area (Å²) in [5.41, 5.74) is 4.38. The van der Waals surface area contributed by atoms with Crippen LogP contribution in [0.25, 0.3) is 0 Å². The van der Waals surface area contributed by atoms with Crippen molar-refractivity contribution in [2.75, 3.05) is 25.0 Å². The van der Waals surface area contributed by atoms with E-state index in [0.717, 1.165) is 12.5 Å². The third-order valence-corrected chi connectivity index (χ3v) is 6.00. The lowest BCUT2D eigenvalue weighted by molar-refractivity contribution is 0.170. The highest BCUT2D eigenvalue weighted by atomic mass is 32.1. The molecule has 1 N–H and O–H groups in total. The van der Waals surface area contributed by atoms with Gasteiger partial charge in [0.2, 0.25) is 0 Å². The summed E-state index contributed by atoms with van der Waals surface area (Å²) in [5.74, 6) is 0.725. The summed E-state index contributed by atoms with van der Waals surface area (Å²) in [6.45, 7) is 5.90. The van der Waals surface area contributed by atoms with Crippen LogP contribution in [-0.4, -0.2) is 24.5 Å². The number of thiophene rings is 1. The van der Waals surface area contributed by atoms with E-state index in [9.17, 15) is 0 Å². The molecule has 21 heavy (non-hydrogen) atoms. The lowest BCUT2D eigenvalue weighted by Gasteiger charge is -2.37. The first-order valence-corrected chi connectivity index (χ1v) is 8.81. The molecule has 0 saturated carbocycles. The first kappa shape index (κ1) is 13.4. The minimum Gasteiger partial charge on any atom is -0.384 e. The maximum Gasteiger partial charge on any atom is 0.0372 e. The van der Waals surface area contributed by atoms with Gasteiger partial charge in [0.15, 0.2) is 0 Å². The Balaban J connectivity index is 1.46. The first-order valence-electron chi connectivity index (χ1n) is 7.93. The van der Waals surface area contributed by atoms with Crippen LogP contribution in [0.5, 0.6) is 0 Å². The van der Waals surface area contributed by atoms with E-state index in [2.05, 4.69) is 52.9 Å². The minimum absolute atomic E-state index is 0.581. The molecule has 0 fully saturated rings. The summed E-state index contributed by atoms with van der Waals surface area (Å²) in [4.78, 5) is 4.28. The number of hydrogen-bond acceptors (Lipinski definition) is 3. The van der Waals surface area contributed by atoms with Gasteiger partial charge in [0, 0.05) is 36.2 Å². The van der Waals surface area contributed by atoms with Crippen molar-refractivity contribution in [2.24, 2.45) is 5.92 Å². The summed E-state index contributed by atoms with van der Waals surface area (Å²) < 4.78 is 0. The number of fused-ring (bicyclic) bond motifs is 2.